The summed E-state index contributed by atoms with van der Waals surface area (Å²) in [6.45, 7) is 5.62. The zero-order chi connectivity index (χ0) is 20.5. The Morgan fingerprint density at radius 1 is 1.10 bits per heavy atom. The van der Waals surface area contributed by atoms with Crippen LogP contribution in [0.5, 0.6) is 0 Å². The van der Waals surface area contributed by atoms with Crippen LogP contribution in [-0.2, 0) is 13.6 Å². The first-order chi connectivity index (χ1) is 13.9. The predicted octanol–water partition coefficient (Wildman–Crippen LogP) is 2.85. The van der Waals surface area contributed by atoms with Gasteiger partial charge in [0.05, 0.1) is 10.9 Å². The smallest absolute Gasteiger partial charge is 0.278 e. The minimum atomic E-state index is -0.368. The van der Waals surface area contributed by atoms with Crippen molar-refractivity contribution in [2.45, 2.75) is 13.5 Å². The van der Waals surface area contributed by atoms with Crippen LogP contribution < -0.4 is 5.43 Å². The number of hydrogen-bond acceptors (Lipinski definition) is 4. The molecule has 6 nitrogen and oxygen atoms in total. The van der Waals surface area contributed by atoms with Gasteiger partial charge in [0.25, 0.3) is 5.91 Å². The van der Waals surface area contributed by atoms with Crippen LogP contribution in [0.3, 0.4) is 0 Å². The van der Waals surface area contributed by atoms with Crippen molar-refractivity contribution in [2.75, 3.05) is 26.2 Å². The number of aromatic nitrogens is 2. The van der Waals surface area contributed by atoms with Gasteiger partial charge in [-0.05, 0) is 30.7 Å². The minimum Gasteiger partial charge on any atom is -0.335 e. The third kappa shape index (κ3) is 4.04. The molecule has 0 radical (unpaired) electrons. The second-order valence-corrected chi connectivity index (χ2v) is 7.96. The number of amides is 1. The van der Waals surface area contributed by atoms with Gasteiger partial charge in [-0.1, -0.05) is 41.4 Å². The van der Waals surface area contributed by atoms with Gasteiger partial charge in [-0.2, -0.15) is 5.10 Å². The molecule has 2 aromatic carbocycles. The number of halogens is 1. The summed E-state index contributed by atoms with van der Waals surface area (Å²) < 4.78 is 1.56. The molecule has 7 heteroatoms. The third-order valence-corrected chi connectivity index (χ3v) is 5.60. The monoisotopic (exact) mass is 410 g/mol. The van der Waals surface area contributed by atoms with Crippen LogP contribution in [0.1, 0.15) is 21.6 Å². The SMILES string of the molecule is Cc1cccc(CN2CCN(C(=O)c3nn(C)c4ccc(Cl)cc4c3=O)CC2)c1. The Labute approximate surface area is 174 Å². The molecule has 1 amide bonds. The normalized spacial score (nSPS) is 15.1. The van der Waals surface area contributed by atoms with Crippen LogP contribution in [0.4, 0.5) is 0 Å². The average Bonchev–Trinajstić information content (AvgIpc) is 2.71. The Hall–Kier alpha value is -2.70. The zero-order valence-corrected chi connectivity index (χ0v) is 17.3. The number of aryl methyl sites for hydroxylation is 2. The molecule has 4 rings (SSSR count). The van der Waals surface area contributed by atoms with E-state index in [1.165, 1.54) is 11.1 Å². The van der Waals surface area contributed by atoms with Crippen molar-refractivity contribution in [1.29, 1.82) is 0 Å². The molecule has 1 fully saturated rings. The average molecular weight is 411 g/mol. The molecule has 0 unspecified atom stereocenters. The van der Waals surface area contributed by atoms with Crippen LogP contribution in [-0.4, -0.2) is 51.7 Å². The molecule has 1 aliphatic rings. The van der Waals surface area contributed by atoms with E-state index in [2.05, 4.69) is 41.2 Å². The molecule has 3 aromatic rings. The van der Waals surface area contributed by atoms with Crippen molar-refractivity contribution in [3.63, 3.8) is 0 Å². The minimum absolute atomic E-state index is 0.0469. The number of rotatable bonds is 3. The van der Waals surface area contributed by atoms with Crippen molar-refractivity contribution < 1.29 is 4.79 Å². The van der Waals surface area contributed by atoms with E-state index in [1.54, 1.807) is 34.8 Å². The zero-order valence-electron chi connectivity index (χ0n) is 16.6. The Kier molecular flexibility index (Phi) is 5.39. The molecule has 1 aromatic heterocycles. The highest BCUT2D eigenvalue weighted by Crippen LogP contribution is 2.17. The van der Waals surface area contributed by atoms with E-state index >= 15 is 0 Å². The van der Waals surface area contributed by atoms with Gasteiger partial charge in [-0.15, -0.1) is 0 Å². The summed E-state index contributed by atoms with van der Waals surface area (Å²) in [6.07, 6.45) is 0. The molecular formula is C22H23ClN4O2. The quantitative estimate of drug-likeness (QED) is 0.666. The maximum atomic E-state index is 13.0. The molecule has 0 spiro atoms. The van der Waals surface area contributed by atoms with Gasteiger partial charge in [0, 0.05) is 44.8 Å². The maximum absolute atomic E-state index is 13.0. The van der Waals surface area contributed by atoms with Crippen LogP contribution >= 0.6 is 11.6 Å². The van der Waals surface area contributed by atoms with Crippen molar-refractivity contribution in [1.82, 2.24) is 19.6 Å². The first kappa shape index (κ1) is 19.6. The molecule has 0 N–H and O–H groups in total. The van der Waals surface area contributed by atoms with Gasteiger partial charge in [0.15, 0.2) is 5.69 Å². The number of hydrogen-bond donors (Lipinski definition) is 0. The van der Waals surface area contributed by atoms with Crippen LogP contribution in [0.2, 0.25) is 5.02 Å². The predicted molar refractivity (Wildman–Crippen MR) is 114 cm³/mol. The molecule has 150 valence electrons. The van der Waals surface area contributed by atoms with E-state index in [0.717, 1.165) is 19.6 Å². The molecule has 0 atom stereocenters. The number of carbonyl (C=O) groups is 1. The van der Waals surface area contributed by atoms with Crippen LogP contribution in [0.25, 0.3) is 10.9 Å². The lowest BCUT2D eigenvalue weighted by atomic mass is 10.1. The topological polar surface area (TPSA) is 58.4 Å². The standard InChI is InChI=1S/C22H23ClN4O2/c1-15-4-3-5-16(12-15)14-26-8-10-27(11-9-26)22(29)20-21(28)18-13-17(23)6-7-19(18)25(2)24-20/h3-7,12-13H,8-11,14H2,1-2H3. The second-order valence-electron chi connectivity index (χ2n) is 7.52. The van der Waals surface area contributed by atoms with Crippen molar-refractivity contribution in [3.05, 3.63) is 74.5 Å². The summed E-state index contributed by atoms with van der Waals surface area (Å²) in [5, 5.41) is 5.13. The summed E-state index contributed by atoms with van der Waals surface area (Å²) in [6, 6.07) is 13.5. The summed E-state index contributed by atoms with van der Waals surface area (Å²) in [4.78, 5) is 29.9. The van der Waals surface area contributed by atoms with Gasteiger partial charge in [-0.3, -0.25) is 19.2 Å². The van der Waals surface area contributed by atoms with Gasteiger partial charge in [-0.25, -0.2) is 0 Å². The van der Waals surface area contributed by atoms with E-state index in [1.807, 2.05) is 0 Å². The second kappa shape index (κ2) is 7.97. The number of carbonyl (C=O) groups excluding carboxylic acids is 1. The summed E-state index contributed by atoms with van der Waals surface area (Å²) in [5.74, 6) is -0.317. The highest BCUT2D eigenvalue weighted by atomic mass is 35.5. The molecule has 0 saturated carbocycles. The molecule has 29 heavy (non-hydrogen) atoms. The van der Waals surface area contributed by atoms with Crippen molar-refractivity contribution in [3.8, 4) is 0 Å². The van der Waals surface area contributed by atoms with Gasteiger partial charge in [0.2, 0.25) is 5.43 Å². The van der Waals surface area contributed by atoms with E-state index in [-0.39, 0.29) is 17.0 Å². The van der Waals surface area contributed by atoms with Crippen molar-refractivity contribution in [2.24, 2.45) is 7.05 Å². The first-order valence-electron chi connectivity index (χ1n) is 9.66. The summed E-state index contributed by atoms with van der Waals surface area (Å²) in [7, 11) is 1.73. The summed E-state index contributed by atoms with van der Waals surface area (Å²) >= 11 is 6.05. The Morgan fingerprint density at radius 2 is 1.86 bits per heavy atom. The lowest BCUT2D eigenvalue weighted by Gasteiger charge is -2.34. The number of piperazine rings is 1. The Balaban J connectivity index is 1.50. The fourth-order valence-corrected chi connectivity index (χ4v) is 3.99. The fourth-order valence-electron chi connectivity index (χ4n) is 3.82. The van der Waals surface area contributed by atoms with Gasteiger partial charge in [0.1, 0.15) is 0 Å². The van der Waals surface area contributed by atoms with Crippen LogP contribution in [0, 0.1) is 6.92 Å². The van der Waals surface area contributed by atoms with E-state index < -0.39 is 0 Å². The molecule has 0 bridgehead atoms. The molecule has 1 aliphatic heterocycles. The van der Waals surface area contributed by atoms with Crippen molar-refractivity contribution >= 4 is 28.4 Å². The number of fused-ring (bicyclic) bond motifs is 1. The third-order valence-electron chi connectivity index (χ3n) is 5.37. The molecule has 0 aliphatic carbocycles. The molecule has 2 heterocycles. The largest absolute Gasteiger partial charge is 0.335 e. The Bertz CT molecular complexity index is 1130. The molecular weight excluding hydrogens is 388 g/mol. The Morgan fingerprint density at radius 3 is 2.59 bits per heavy atom. The highest BCUT2D eigenvalue weighted by molar-refractivity contribution is 6.31. The maximum Gasteiger partial charge on any atom is 0.278 e. The van der Waals surface area contributed by atoms with E-state index in [0.29, 0.717) is 29.0 Å². The highest BCUT2D eigenvalue weighted by Gasteiger charge is 2.26. The van der Waals surface area contributed by atoms with Crippen LogP contribution in [0.15, 0.2) is 47.3 Å². The lowest BCUT2D eigenvalue weighted by molar-refractivity contribution is 0.0619. The van der Waals surface area contributed by atoms with E-state index in [9.17, 15) is 9.59 Å². The molecule has 1 saturated heterocycles. The van der Waals surface area contributed by atoms with E-state index in [4.69, 9.17) is 11.6 Å². The van der Waals surface area contributed by atoms with Gasteiger partial charge >= 0.3 is 0 Å². The lowest BCUT2D eigenvalue weighted by Crippen LogP contribution is -2.49. The number of benzene rings is 2. The number of nitrogens with zero attached hydrogens (tertiary/aromatic N) is 4. The summed E-state index contributed by atoms with van der Waals surface area (Å²) in [5.41, 5.74) is 2.75. The first-order valence-corrected chi connectivity index (χ1v) is 10.0. The fraction of sp³-hybridized carbons (Fsp3) is 0.318. The van der Waals surface area contributed by atoms with Gasteiger partial charge < -0.3 is 4.90 Å².